The number of ether oxygens (including phenoxy) is 2. The first-order valence-corrected chi connectivity index (χ1v) is 17.1. The fourth-order valence-electron chi connectivity index (χ4n) is 4.50. The Hall–Kier alpha value is -2.60. The molecule has 0 bridgehead atoms. The predicted octanol–water partition coefficient (Wildman–Crippen LogP) is 1.36. The normalized spacial score (nSPS) is 23.9. The molecule has 0 amide bonds. The van der Waals surface area contributed by atoms with Crippen molar-refractivity contribution < 1.29 is 46.5 Å². The lowest BCUT2D eigenvalue weighted by Gasteiger charge is -2.35. The molecule has 44 heavy (non-hydrogen) atoms. The SMILES string of the molecule is CCN(NS(C)(=O)=O)c1ncnc(N(C)C2OC(COP(=O)(NC(C)C(=O)OC)Oc3ccc(Cl)cc3)[C@@H](O)[C@@]2(C)O)c1C. The summed E-state index contributed by atoms with van der Waals surface area (Å²) in [4.78, 5) is 24.4. The maximum absolute atomic E-state index is 13.8. The maximum Gasteiger partial charge on any atom is 0.459 e. The van der Waals surface area contributed by atoms with Gasteiger partial charge in [-0.2, -0.15) is 5.09 Å². The number of anilines is 2. The van der Waals surface area contributed by atoms with Crippen LogP contribution in [0.4, 0.5) is 11.6 Å². The zero-order valence-electron chi connectivity index (χ0n) is 25.3. The van der Waals surface area contributed by atoms with Crippen molar-refractivity contribution in [2.45, 2.75) is 57.8 Å². The summed E-state index contributed by atoms with van der Waals surface area (Å²) in [5.74, 6) is -0.0865. The molecular weight excluding hydrogens is 643 g/mol. The quantitative estimate of drug-likeness (QED) is 0.126. The second-order valence-electron chi connectivity index (χ2n) is 10.3. The molecule has 0 saturated carbocycles. The molecular formula is C25H38ClN6O10PS. The zero-order chi connectivity index (χ0) is 33.0. The molecule has 6 atom stereocenters. The first-order chi connectivity index (χ1) is 20.4. The number of carbonyl (C=O) groups is 1. The van der Waals surface area contributed by atoms with E-state index in [2.05, 4.69) is 19.9 Å². The van der Waals surface area contributed by atoms with Crippen molar-refractivity contribution in [1.82, 2.24) is 19.9 Å². The third kappa shape index (κ3) is 8.56. The lowest BCUT2D eigenvalue weighted by Crippen LogP contribution is -2.52. The highest BCUT2D eigenvalue weighted by Crippen LogP contribution is 2.46. The molecule has 19 heteroatoms. The van der Waals surface area contributed by atoms with Gasteiger partial charge in [-0.3, -0.25) is 14.3 Å². The van der Waals surface area contributed by atoms with E-state index in [9.17, 15) is 28.0 Å². The summed E-state index contributed by atoms with van der Waals surface area (Å²) in [5, 5.41) is 26.6. The molecule has 4 N–H and O–H groups in total. The van der Waals surface area contributed by atoms with Crippen LogP contribution in [0.15, 0.2) is 30.6 Å². The van der Waals surface area contributed by atoms with Crippen molar-refractivity contribution in [3.05, 3.63) is 41.2 Å². The molecule has 1 aliphatic heterocycles. The van der Waals surface area contributed by atoms with Crippen LogP contribution in [0, 0.1) is 6.92 Å². The minimum atomic E-state index is -4.31. The Bertz CT molecular complexity index is 1470. The summed E-state index contributed by atoms with van der Waals surface area (Å²) >= 11 is 5.93. The Morgan fingerprint density at radius 3 is 2.45 bits per heavy atom. The molecule has 1 fully saturated rings. The molecule has 0 spiro atoms. The number of aliphatic hydroxyl groups excluding tert-OH is 1. The van der Waals surface area contributed by atoms with E-state index >= 15 is 0 Å². The van der Waals surface area contributed by atoms with E-state index in [1.54, 1.807) is 20.9 Å². The Morgan fingerprint density at radius 2 is 1.89 bits per heavy atom. The second kappa shape index (κ2) is 14.2. The standard InChI is InChI=1S/C25H38ClN6O10PS/c1-8-32(30-44(7,37)38)22-15(2)21(27-14-28-22)31(5)24-25(4,35)20(33)19(41-24)13-40-43(36,29-16(3)23(34)39-6)42-18-11-9-17(26)10-12-18/h9-12,14,16,19-20,24,30,33,35H,8,13H2,1-7H3,(H,29,36)/t16?,19?,20-,24?,25-,43?/m1/s1. The molecule has 1 aromatic heterocycles. The number of aromatic nitrogens is 2. The van der Waals surface area contributed by atoms with Crippen LogP contribution in [0.2, 0.25) is 5.02 Å². The largest absolute Gasteiger partial charge is 0.468 e. The van der Waals surface area contributed by atoms with Crippen LogP contribution >= 0.6 is 19.3 Å². The Kier molecular flexibility index (Phi) is 11.6. The fraction of sp³-hybridized carbons (Fsp3) is 0.560. The van der Waals surface area contributed by atoms with Crippen LogP contribution in [0.25, 0.3) is 0 Å². The average molecular weight is 681 g/mol. The number of hydrazine groups is 1. The number of likely N-dealkylation sites (N-methyl/N-ethyl adjacent to an activating group) is 1. The zero-order valence-corrected chi connectivity index (χ0v) is 27.8. The van der Waals surface area contributed by atoms with Crippen molar-refractivity contribution >= 4 is 47.0 Å². The van der Waals surface area contributed by atoms with E-state index in [-0.39, 0.29) is 23.9 Å². The minimum absolute atomic E-state index is 0.112. The number of sulfonamides is 1. The van der Waals surface area contributed by atoms with Crippen molar-refractivity contribution in [2.75, 3.05) is 43.5 Å². The van der Waals surface area contributed by atoms with Crippen LogP contribution < -0.4 is 24.4 Å². The Labute approximate surface area is 261 Å². The number of aliphatic hydroxyl groups is 2. The van der Waals surface area contributed by atoms with Gasteiger partial charge in [0, 0.05) is 24.2 Å². The number of hydrogen-bond acceptors (Lipinski definition) is 14. The van der Waals surface area contributed by atoms with Gasteiger partial charge in [-0.1, -0.05) is 11.6 Å². The monoisotopic (exact) mass is 680 g/mol. The summed E-state index contributed by atoms with van der Waals surface area (Å²) in [7, 11) is -5.20. The molecule has 0 aliphatic carbocycles. The van der Waals surface area contributed by atoms with Gasteiger partial charge < -0.3 is 29.1 Å². The van der Waals surface area contributed by atoms with Gasteiger partial charge in [0.15, 0.2) is 12.0 Å². The maximum atomic E-state index is 13.8. The van der Waals surface area contributed by atoms with Crippen molar-refractivity contribution in [3.63, 3.8) is 0 Å². The lowest BCUT2D eigenvalue weighted by atomic mass is 9.96. The van der Waals surface area contributed by atoms with E-state index < -0.39 is 60.4 Å². The molecule has 1 aromatic carbocycles. The van der Waals surface area contributed by atoms with Gasteiger partial charge >= 0.3 is 13.7 Å². The Balaban J connectivity index is 1.84. The van der Waals surface area contributed by atoms with Gasteiger partial charge in [0.1, 0.15) is 41.7 Å². The number of methoxy groups -OCH3 is 1. The number of benzene rings is 1. The van der Waals surface area contributed by atoms with E-state index in [0.717, 1.165) is 13.4 Å². The third-order valence-electron chi connectivity index (χ3n) is 6.67. The second-order valence-corrected chi connectivity index (χ2v) is 14.1. The molecule has 2 aromatic rings. The number of nitrogens with zero attached hydrogens (tertiary/aromatic N) is 4. The van der Waals surface area contributed by atoms with Crippen LogP contribution in [0.3, 0.4) is 0 Å². The van der Waals surface area contributed by atoms with Crippen molar-refractivity contribution in [1.29, 1.82) is 0 Å². The highest BCUT2D eigenvalue weighted by atomic mass is 35.5. The van der Waals surface area contributed by atoms with Gasteiger partial charge in [-0.05, 0) is 52.0 Å². The van der Waals surface area contributed by atoms with E-state index in [0.29, 0.717) is 10.6 Å². The van der Waals surface area contributed by atoms with Crippen LogP contribution in [0.5, 0.6) is 5.75 Å². The van der Waals surface area contributed by atoms with Gasteiger partial charge in [-0.25, -0.2) is 23.0 Å². The van der Waals surface area contributed by atoms with Crippen LogP contribution in [0.1, 0.15) is 26.3 Å². The molecule has 246 valence electrons. The number of rotatable bonds is 14. The van der Waals surface area contributed by atoms with Gasteiger partial charge in [0.25, 0.3) is 0 Å². The minimum Gasteiger partial charge on any atom is -0.468 e. The number of halogens is 1. The van der Waals surface area contributed by atoms with Crippen molar-refractivity contribution in [3.8, 4) is 5.75 Å². The van der Waals surface area contributed by atoms with E-state index in [1.165, 1.54) is 54.3 Å². The van der Waals surface area contributed by atoms with Gasteiger partial charge in [0.2, 0.25) is 10.0 Å². The first kappa shape index (κ1) is 35.9. The lowest BCUT2D eigenvalue weighted by molar-refractivity contribution is -0.142. The summed E-state index contributed by atoms with van der Waals surface area (Å²) in [6.07, 6.45) is -1.74. The first-order valence-electron chi connectivity index (χ1n) is 13.3. The number of hydrogen-bond donors (Lipinski definition) is 4. The van der Waals surface area contributed by atoms with Gasteiger partial charge in [-0.15, -0.1) is 4.83 Å². The molecule has 16 nitrogen and oxygen atoms in total. The van der Waals surface area contributed by atoms with Crippen molar-refractivity contribution in [2.24, 2.45) is 0 Å². The highest BCUT2D eigenvalue weighted by molar-refractivity contribution is 7.88. The molecule has 0 radical (unpaired) electrons. The molecule has 1 saturated heterocycles. The summed E-state index contributed by atoms with van der Waals surface area (Å²) < 4.78 is 59.4. The van der Waals surface area contributed by atoms with E-state index in [1.807, 2.05) is 0 Å². The third-order valence-corrected chi connectivity index (χ3v) is 9.12. The smallest absolute Gasteiger partial charge is 0.459 e. The molecule has 4 unspecified atom stereocenters. The number of esters is 1. The number of nitrogens with one attached hydrogen (secondary N) is 2. The van der Waals surface area contributed by atoms with Crippen LogP contribution in [-0.2, 0) is 33.4 Å². The fourth-order valence-corrected chi connectivity index (χ4v) is 6.75. The topological polar surface area (TPSA) is 202 Å². The molecule has 1 aliphatic rings. The van der Waals surface area contributed by atoms with Crippen LogP contribution in [-0.4, -0.2) is 98.2 Å². The average Bonchev–Trinajstić information content (AvgIpc) is 3.18. The predicted molar refractivity (Wildman–Crippen MR) is 162 cm³/mol. The highest BCUT2D eigenvalue weighted by Gasteiger charge is 2.55. The number of carbonyl (C=O) groups excluding carboxylic acids is 1. The van der Waals surface area contributed by atoms with Gasteiger partial charge in [0.05, 0.1) is 20.0 Å². The summed E-state index contributed by atoms with van der Waals surface area (Å²) in [6, 6.07) is 4.80. The molecule has 3 rings (SSSR count). The van der Waals surface area contributed by atoms with E-state index in [4.69, 9.17) is 30.1 Å². The molecule has 2 heterocycles. The Morgan fingerprint density at radius 1 is 1.27 bits per heavy atom. The summed E-state index contributed by atoms with van der Waals surface area (Å²) in [6.45, 7) is 5.83. The summed E-state index contributed by atoms with van der Waals surface area (Å²) in [5.41, 5.74) is -1.45.